The first kappa shape index (κ1) is 15.3. The van der Waals surface area contributed by atoms with Gasteiger partial charge in [-0.3, -0.25) is 0 Å². The van der Waals surface area contributed by atoms with Gasteiger partial charge in [0.15, 0.2) is 0 Å². The largest absolute Gasteiger partial charge is 0.372 e. The molecule has 1 aliphatic heterocycles. The fraction of sp³-hybridized carbons (Fsp3) is 0.600. The summed E-state index contributed by atoms with van der Waals surface area (Å²) in [7, 11) is -1.47. The molecular formula is C15H24N2O2S. The first-order valence-corrected chi connectivity index (χ1v) is 8.92. The third-order valence-corrected chi connectivity index (χ3v) is 5.71. The average molecular weight is 296 g/mol. The van der Waals surface area contributed by atoms with E-state index in [0.717, 1.165) is 18.7 Å². The predicted octanol–water partition coefficient (Wildman–Crippen LogP) is 2.46. The van der Waals surface area contributed by atoms with E-state index >= 15 is 0 Å². The molecule has 20 heavy (non-hydrogen) atoms. The Morgan fingerprint density at radius 3 is 2.25 bits per heavy atom. The lowest BCUT2D eigenvalue weighted by molar-refractivity contribution is 0.468. The van der Waals surface area contributed by atoms with E-state index in [1.165, 1.54) is 29.3 Å². The summed E-state index contributed by atoms with van der Waals surface area (Å²) in [6.07, 6.45) is 3.85. The van der Waals surface area contributed by atoms with Crippen molar-refractivity contribution in [1.82, 2.24) is 4.31 Å². The van der Waals surface area contributed by atoms with Gasteiger partial charge in [-0.2, -0.15) is 0 Å². The monoisotopic (exact) mass is 296 g/mol. The summed E-state index contributed by atoms with van der Waals surface area (Å²) < 4.78 is 24.9. The van der Waals surface area contributed by atoms with Crippen LogP contribution in [0.25, 0.3) is 0 Å². The van der Waals surface area contributed by atoms with Crippen LogP contribution in [0.3, 0.4) is 0 Å². The first-order chi connectivity index (χ1) is 9.53. The van der Waals surface area contributed by atoms with Gasteiger partial charge in [0.25, 0.3) is 0 Å². The van der Waals surface area contributed by atoms with Gasteiger partial charge in [-0.05, 0) is 43.9 Å². The van der Waals surface area contributed by atoms with Crippen LogP contribution >= 0.6 is 0 Å². The van der Waals surface area contributed by atoms with Gasteiger partial charge in [0.2, 0.25) is 10.0 Å². The fourth-order valence-electron chi connectivity index (χ4n) is 2.54. The van der Waals surface area contributed by atoms with Crippen LogP contribution in [-0.2, 0) is 16.6 Å². The second-order valence-corrected chi connectivity index (χ2v) is 7.74. The van der Waals surface area contributed by atoms with Crippen molar-refractivity contribution in [1.29, 1.82) is 0 Å². The molecule has 1 saturated heterocycles. The van der Waals surface area contributed by atoms with E-state index in [2.05, 4.69) is 17.0 Å². The number of hydrogen-bond donors (Lipinski definition) is 0. The second-order valence-electron chi connectivity index (χ2n) is 5.37. The van der Waals surface area contributed by atoms with E-state index < -0.39 is 10.0 Å². The first-order valence-electron chi connectivity index (χ1n) is 7.31. The van der Waals surface area contributed by atoms with E-state index in [0.29, 0.717) is 6.54 Å². The van der Waals surface area contributed by atoms with Crippen LogP contribution in [0.5, 0.6) is 0 Å². The maximum Gasteiger partial charge on any atom is 0.213 e. The van der Waals surface area contributed by atoms with Gasteiger partial charge >= 0.3 is 0 Å². The highest BCUT2D eigenvalue weighted by Crippen LogP contribution is 2.20. The van der Waals surface area contributed by atoms with Crippen molar-refractivity contribution in [3.05, 3.63) is 29.8 Å². The molecule has 1 heterocycles. The Morgan fingerprint density at radius 2 is 1.70 bits per heavy atom. The summed E-state index contributed by atoms with van der Waals surface area (Å²) in [6, 6.07) is 8.28. The number of sulfonamides is 1. The summed E-state index contributed by atoms with van der Waals surface area (Å²) >= 11 is 0. The normalized spacial score (nSPS) is 16.6. The Labute approximate surface area is 122 Å². The van der Waals surface area contributed by atoms with E-state index in [-0.39, 0.29) is 5.75 Å². The highest BCUT2D eigenvalue weighted by atomic mass is 32.2. The molecule has 0 saturated carbocycles. The molecule has 4 nitrogen and oxygen atoms in total. The van der Waals surface area contributed by atoms with Crippen molar-refractivity contribution in [2.75, 3.05) is 30.8 Å². The van der Waals surface area contributed by atoms with E-state index in [9.17, 15) is 8.42 Å². The molecule has 1 fully saturated rings. The molecule has 0 atom stereocenters. The van der Waals surface area contributed by atoms with Gasteiger partial charge in [-0.25, -0.2) is 12.7 Å². The predicted molar refractivity (Wildman–Crippen MR) is 83.4 cm³/mol. The molecule has 0 bridgehead atoms. The van der Waals surface area contributed by atoms with E-state index in [1.807, 2.05) is 12.1 Å². The Hall–Kier alpha value is -1.07. The van der Waals surface area contributed by atoms with Crippen LogP contribution in [-0.4, -0.2) is 38.6 Å². The maximum absolute atomic E-state index is 11.7. The Balaban J connectivity index is 2.01. The zero-order chi connectivity index (χ0) is 14.6. The van der Waals surface area contributed by atoms with Crippen LogP contribution < -0.4 is 4.90 Å². The quantitative estimate of drug-likeness (QED) is 0.838. The Kier molecular flexibility index (Phi) is 5.05. The molecule has 0 N–H and O–H groups in total. The fourth-order valence-corrected chi connectivity index (χ4v) is 3.33. The molecule has 0 spiro atoms. The van der Waals surface area contributed by atoms with E-state index in [4.69, 9.17) is 0 Å². The molecule has 1 aliphatic rings. The molecule has 0 unspecified atom stereocenters. The molecule has 0 aliphatic carbocycles. The standard InChI is InChI=1S/C15H24N2O2S/c1-3-20(18,19)16(2)13-14-7-9-15(10-8-14)17-11-5-4-6-12-17/h7-10H,3-6,11-13H2,1-2H3. The highest BCUT2D eigenvalue weighted by Gasteiger charge is 2.15. The van der Waals surface area contributed by atoms with Crippen molar-refractivity contribution in [2.24, 2.45) is 0 Å². The number of anilines is 1. The third kappa shape index (κ3) is 3.73. The minimum absolute atomic E-state index is 0.148. The van der Waals surface area contributed by atoms with Crippen molar-refractivity contribution in [2.45, 2.75) is 32.7 Å². The lowest BCUT2D eigenvalue weighted by Crippen LogP contribution is -2.29. The Morgan fingerprint density at radius 1 is 1.10 bits per heavy atom. The third-order valence-electron chi connectivity index (χ3n) is 3.90. The summed E-state index contributed by atoms with van der Waals surface area (Å²) in [5, 5.41) is 0. The molecule has 2 rings (SSSR count). The van der Waals surface area contributed by atoms with Gasteiger partial charge in [0.1, 0.15) is 0 Å². The van der Waals surface area contributed by atoms with Crippen LogP contribution in [0.4, 0.5) is 5.69 Å². The van der Waals surface area contributed by atoms with Crippen LogP contribution in [0, 0.1) is 0 Å². The average Bonchev–Trinajstić information content (AvgIpc) is 2.49. The molecular weight excluding hydrogens is 272 g/mol. The second kappa shape index (κ2) is 6.59. The Bertz CT molecular complexity index is 519. The van der Waals surface area contributed by atoms with Crippen molar-refractivity contribution < 1.29 is 8.42 Å². The highest BCUT2D eigenvalue weighted by molar-refractivity contribution is 7.89. The number of rotatable bonds is 5. The number of hydrogen-bond acceptors (Lipinski definition) is 3. The topological polar surface area (TPSA) is 40.6 Å². The maximum atomic E-state index is 11.7. The molecule has 0 radical (unpaired) electrons. The minimum atomic E-state index is -3.10. The lowest BCUT2D eigenvalue weighted by atomic mass is 10.1. The van der Waals surface area contributed by atoms with Crippen molar-refractivity contribution in [3.63, 3.8) is 0 Å². The van der Waals surface area contributed by atoms with Gasteiger partial charge in [0, 0.05) is 32.4 Å². The molecule has 112 valence electrons. The number of nitrogens with zero attached hydrogens (tertiary/aromatic N) is 2. The van der Waals surface area contributed by atoms with Crippen LogP contribution in [0.1, 0.15) is 31.7 Å². The summed E-state index contributed by atoms with van der Waals surface area (Å²) in [5.74, 6) is 0.148. The van der Waals surface area contributed by atoms with Crippen LogP contribution in [0.15, 0.2) is 24.3 Å². The van der Waals surface area contributed by atoms with Crippen molar-refractivity contribution in [3.8, 4) is 0 Å². The molecule has 1 aromatic rings. The van der Waals surface area contributed by atoms with Gasteiger partial charge in [-0.1, -0.05) is 12.1 Å². The van der Waals surface area contributed by atoms with Gasteiger partial charge in [-0.15, -0.1) is 0 Å². The summed E-state index contributed by atoms with van der Waals surface area (Å²) in [4.78, 5) is 2.40. The lowest BCUT2D eigenvalue weighted by Gasteiger charge is -2.29. The van der Waals surface area contributed by atoms with Gasteiger partial charge < -0.3 is 4.90 Å². The SMILES string of the molecule is CCS(=O)(=O)N(C)Cc1ccc(N2CCCCC2)cc1. The smallest absolute Gasteiger partial charge is 0.213 e. The van der Waals surface area contributed by atoms with Crippen molar-refractivity contribution >= 4 is 15.7 Å². The van der Waals surface area contributed by atoms with Gasteiger partial charge in [0.05, 0.1) is 5.75 Å². The molecule has 1 aromatic carbocycles. The zero-order valence-corrected chi connectivity index (χ0v) is 13.2. The molecule has 5 heteroatoms. The summed E-state index contributed by atoms with van der Waals surface area (Å²) in [5.41, 5.74) is 2.28. The number of piperidine rings is 1. The molecule has 0 aromatic heterocycles. The van der Waals surface area contributed by atoms with Crippen LogP contribution in [0.2, 0.25) is 0 Å². The number of benzene rings is 1. The van der Waals surface area contributed by atoms with E-state index in [1.54, 1.807) is 14.0 Å². The summed E-state index contributed by atoms with van der Waals surface area (Å²) in [6.45, 7) is 4.37. The molecule has 0 amide bonds. The zero-order valence-electron chi connectivity index (χ0n) is 12.4. The minimum Gasteiger partial charge on any atom is -0.372 e.